The highest BCUT2D eigenvalue weighted by Gasteiger charge is 2.05. The summed E-state index contributed by atoms with van der Waals surface area (Å²) < 4.78 is 16.0. The molecule has 0 amide bonds. The molecular formula is C15H25NO3. The molecule has 1 rings (SSSR count). The first-order valence-corrected chi connectivity index (χ1v) is 6.73. The molecule has 4 heteroatoms. The lowest BCUT2D eigenvalue weighted by molar-refractivity contribution is 0.196. The highest BCUT2D eigenvalue weighted by Crippen LogP contribution is 2.25. The Balaban J connectivity index is 2.18. The summed E-state index contributed by atoms with van der Waals surface area (Å²) in [5, 5.41) is 3.35. The van der Waals surface area contributed by atoms with Crippen LogP contribution in [-0.2, 0) is 4.74 Å². The molecule has 1 aromatic rings. The quantitative estimate of drug-likeness (QED) is 0.661. The zero-order chi connectivity index (χ0) is 13.9. The van der Waals surface area contributed by atoms with Crippen molar-refractivity contribution in [3.8, 4) is 11.5 Å². The van der Waals surface area contributed by atoms with E-state index in [1.54, 1.807) is 14.2 Å². The molecule has 0 aliphatic carbocycles. The number of methoxy groups -OCH3 is 2. The number of rotatable bonds is 10. The Morgan fingerprint density at radius 3 is 2.53 bits per heavy atom. The fraction of sp³-hybridized carbons (Fsp3) is 0.600. The summed E-state index contributed by atoms with van der Waals surface area (Å²) in [7, 11) is 3.37. The van der Waals surface area contributed by atoms with E-state index < -0.39 is 0 Å². The number of ether oxygens (including phenoxy) is 3. The van der Waals surface area contributed by atoms with Crippen molar-refractivity contribution >= 4 is 0 Å². The van der Waals surface area contributed by atoms with E-state index in [0.29, 0.717) is 12.5 Å². The molecule has 4 nitrogen and oxygen atoms in total. The zero-order valence-corrected chi connectivity index (χ0v) is 12.1. The Hall–Kier alpha value is -1.26. The molecule has 1 unspecified atom stereocenters. The van der Waals surface area contributed by atoms with E-state index in [0.717, 1.165) is 37.6 Å². The Bertz CT molecular complexity index is 344. The molecule has 0 radical (unpaired) electrons. The van der Waals surface area contributed by atoms with Crippen LogP contribution in [0, 0.1) is 5.92 Å². The van der Waals surface area contributed by atoms with Gasteiger partial charge in [-0.1, -0.05) is 19.1 Å². The average molecular weight is 267 g/mol. The Morgan fingerprint density at radius 1 is 1.11 bits per heavy atom. The van der Waals surface area contributed by atoms with E-state index in [1.807, 2.05) is 24.3 Å². The van der Waals surface area contributed by atoms with Crippen molar-refractivity contribution in [3.63, 3.8) is 0 Å². The topological polar surface area (TPSA) is 39.7 Å². The van der Waals surface area contributed by atoms with Crippen LogP contribution in [0.1, 0.15) is 13.3 Å². The maximum absolute atomic E-state index is 5.75. The standard InChI is InChI=1S/C15H25NO3/c1-13(12-16-9-11-17-2)8-10-19-15-7-5-4-6-14(15)18-3/h4-7,13,16H,8-12H2,1-3H3. The summed E-state index contributed by atoms with van der Waals surface area (Å²) in [6, 6.07) is 7.73. The minimum atomic E-state index is 0.576. The van der Waals surface area contributed by atoms with Crippen molar-refractivity contribution in [1.82, 2.24) is 5.32 Å². The first-order valence-electron chi connectivity index (χ1n) is 6.73. The summed E-state index contributed by atoms with van der Waals surface area (Å²) in [5.74, 6) is 2.17. The largest absolute Gasteiger partial charge is 0.493 e. The van der Waals surface area contributed by atoms with Gasteiger partial charge in [-0.15, -0.1) is 0 Å². The summed E-state index contributed by atoms with van der Waals surface area (Å²) in [4.78, 5) is 0. The van der Waals surface area contributed by atoms with E-state index in [4.69, 9.17) is 14.2 Å². The fourth-order valence-corrected chi connectivity index (χ4v) is 1.73. The number of hydrogen-bond donors (Lipinski definition) is 1. The van der Waals surface area contributed by atoms with Gasteiger partial charge in [0.25, 0.3) is 0 Å². The minimum Gasteiger partial charge on any atom is -0.493 e. The highest BCUT2D eigenvalue weighted by atomic mass is 16.5. The van der Waals surface area contributed by atoms with Crippen molar-refractivity contribution in [3.05, 3.63) is 24.3 Å². The van der Waals surface area contributed by atoms with Crippen molar-refractivity contribution in [2.24, 2.45) is 5.92 Å². The third-order valence-corrected chi connectivity index (χ3v) is 2.91. The fourth-order valence-electron chi connectivity index (χ4n) is 1.73. The lowest BCUT2D eigenvalue weighted by atomic mass is 10.1. The van der Waals surface area contributed by atoms with E-state index in [1.165, 1.54) is 0 Å². The molecule has 1 atom stereocenters. The SMILES string of the molecule is COCCNCC(C)CCOc1ccccc1OC. The van der Waals surface area contributed by atoms with Gasteiger partial charge in [0.15, 0.2) is 11.5 Å². The van der Waals surface area contributed by atoms with Crippen LogP contribution in [-0.4, -0.2) is 40.5 Å². The van der Waals surface area contributed by atoms with Gasteiger partial charge in [-0.05, 0) is 31.0 Å². The minimum absolute atomic E-state index is 0.576. The molecule has 0 aliphatic heterocycles. The van der Waals surface area contributed by atoms with Crippen LogP contribution in [0.4, 0.5) is 0 Å². The molecule has 1 aromatic carbocycles. The predicted octanol–water partition coefficient (Wildman–Crippen LogP) is 2.34. The van der Waals surface area contributed by atoms with E-state index in [9.17, 15) is 0 Å². The van der Waals surface area contributed by atoms with Gasteiger partial charge in [-0.3, -0.25) is 0 Å². The van der Waals surface area contributed by atoms with Gasteiger partial charge < -0.3 is 19.5 Å². The molecule has 0 aromatic heterocycles. The Labute approximate surface area is 116 Å². The molecule has 0 saturated heterocycles. The maximum Gasteiger partial charge on any atom is 0.161 e. The van der Waals surface area contributed by atoms with Gasteiger partial charge in [-0.25, -0.2) is 0 Å². The summed E-state index contributed by atoms with van der Waals surface area (Å²) in [5.41, 5.74) is 0. The third-order valence-electron chi connectivity index (χ3n) is 2.91. The molecule has 0 fully saturated rings. The third kappa shape index (κ3) is 6.45. The molecule has 0 heterocycles. The maximum atomic E-state index is 5.75. The van der Waals surface area contributed by atoms with Gasteiger partial charge >= 0.3 is 0 Å². The van der Waals surface area contributed by atoms with Crippen molar-refractivity contribution in [2.75, 3.05) is 40.5 Å². The number of hydrogen-bond acceptors (Lipinski definition) is 4. The van der Waals surface area contributed by atoms with E-state index >= 15 is 0 Å². The molecule has 108 valence electrons. The first kappa shape index (κ1) is 15.8. The number of nitrogens with one attached hydrogen (secondary N) is 1. The monoisotopic (exact) mass is 267 g/mol. The van der Waals surface area contributed by atoms with Gasteiger partial charge in [0, 0.05) is 13.7 Å². The van der Waals surface area contributed by atoms with Crippen molar-refractivity contribution < 1.29 is 14.2 Å². The molecular weight excluding hydrogens is 242 g/mol. The molecule has 0 spiro atoms. The second-order valence-corrected chi connectivity index (χ2v) is 4.59. The smallest absolute Gasteiger partial charge is 0.161 e. The highest BCUT2D eigenvalue weighted by molar-refractivity contribution is 5.39. The predicted molar refractivity (Wildman–Crippen MR) is 77.0 cm³/mol. The van der Waals surface area contributed by atoms with Crippen LogP contribution in [0.25, 0.3) is 0 Å². The average Bonchev–Trinajstić information content (AvgIpc) is 2.44. The van der Waals surface area contributed by atoms with Crippen LogP contribution in [0.3, 0.4) is 0 Å². The van der Waals surface area contributed by atoms with Crippen LogP contribution >= 0.6 is 0 Å². The van der Waals surface area contributed by atoms with Crippen LogP contribution < -0.4 is 14.8 Å². The summed E-state index contributed by atoms with van der Waals surface area (Å²) >= 11 is 0. The van der Waals surface area contributed by atoms with E-state index in [-0.39, 0.29) is 0 Å². The first-order chi connectivity index (χ1) is 9.27. The lowest BCUT2D eigenvalue weighted by Crippen LogP contribution is -2.25. The lowest BCUT2D eigenvalue weighted by Gasteiger charge is -2.14. The second kappa shape index (κ2) is 9.64. The zero-order valence-electron chi connectivity index (χ0n) is 12.1. The second-order valence-electron chi connectivity index (χ2n) is 4.59. The van der Waals surface area contributed by atoms with Crippen LogP contribution in [0.2, 0.25) is 0 Å². The summed E-state index contributed by atoms with van der Waals surface area (Å²) in [6.45, 7) is 5.55. The Kier molecular flexibility index (Phi) is 8.02. The van der Waals surface area contributed by atoms with Crippen molar-refractivity contribution in [2.45, 2.75) is 13.3 Å². The van der Waals surface area contributed by atoms with Gasteiger partial charge in [0.05, 0.1) is 20.3 Å². The van der Waals surface area contributed by atoms with Gasteiger partial charge in [-0.2, -0.15) is 0 Å². The Morgan fingerprint density at radius 2 is 1.84 bits per heavy atom. The van der Waals surface area contributed by atoms with Gasteiger partial charge in [0.1, 0.15) is 0 Å². The molecule has 0 saturated carbocycles. The van der Waals surface area contributed by atoms with Crippen LogP contribution in [0.15, 0.2) is 24.3 Å². The molecule has 1 N–H and O–H groups in total. The molecule has 19 heavy (non-hydrogen) atoms. The van der Waals surface area contributed by atoms with E-state index in [2.05, 4.69) is 12.2 Å². The molecule has 0 bridgehead atoms. The molecule has 0 aliphatic rings. The number of para-hydroxylation sites is 2. The normalized spacial score (nSPS) is 12.2. The van der Waals surface area contributed by atoms with Crippen molar-refractivity contribution in [1.29, 1.82) is 0 Å². The van der Waals surface area contributed by atoms with Gasteiger partial charge in [0.2, 0.25) is 0 Å². The summed E-state index contributed by atoms with van der Waals surface area (Å²) in [6.07, 6.45) is 1.01. The number of benzene rings is 1. The van der Waals surface area contributed by atoms with Crippen LogP contribution in [0.5, 0.6) is 11.5 Å².